The quantitative estimate of drug-likeness (QED) is 0.0381. The van der Waals surface area contributed by atoms with Crippen LogP contribution in [0.5, 0.6) is 0 Å². The van der Waals surface area contributed by atoms with E-state index in [0.717, 1.165) is 16.0 Å². The number of nitrogens with two attached hydrogens (primary N) is 1. The van der Waals surface area contributed by atoms with Gasteiger partial charge in [0.05, 0.1) is 24.0 Å². The molecule has 6 rings (SSSR count). The number of carboxylic acid groups (broad SMARTS) is 3. The minimum Gasteiger partial charge on any atom is -0.481 e. The maximum Gasteiger partial charge on any atom is 0.356 e. The molecule has 5 aromatic rings. The van der Waals surface area contributed by atoms with E-state index in [1.54, 1.807) is 49.4 Å². The Hall–Kier alpha value is -6.68. The molecule has 1 aromatic heterocycles. The zero-order valence-corrected chi connectivity index (χ0v) is 40.6. The second-order valence-electron chi connectivity index (χ2n) is 16.8. The minimum atomic E-state index is -1.48. The maximum atomic E-state index is 14.2. The highest BCUT2D eigenvalue weighted by Gasteiger charge is 2.37. The normalized spacial score (nSPS) is 15.3. The lowest BCUT2D eigenvalue weighted by molar-refractivity contribution is -0.152. The van der Waals surface area contributed by atoms with E-state index in [1.807, 2.05) is 19.1 Å². The summed E-state index contributed by atoms with van der Waals surface area (Å²) in [4.78, 5) is 52.3. The second-order valence-corrected chi connectivity index (χ2v) is 17.7. The molecule has 0 aliphatic carbocycles. The zero-order valence-electron chi connectivity index (χ0n) is 39.1. The Morgan fingerprint density at radius 3 is 1.73 bits per heavy atom. The maximum absolute atomic E-state index is 14.2. The molecule has 0 fully saturated rings. The first-order chi connectivity index (χ1) is 33.6. The van der Waals surface area contributed by atoms with Gasteiger partial charge in [0.2, 0.25) is 0 Å². The highest BCUT2D eigenvalue weighted by atomic mass is 35.5. The molecular weight excluding hydrogens is 971 g/mol. The molecule has 18 nitrogen and oxygen atoms in total. The predicted molar refractivity (Wildman–Crippen MR) is 258 cm³/mol. The standard InChI is InChI=1S/C24H26ClFN4O5.C19H21ClFNO3.C6H8N2O3/c1-3-35-30-13-21(28-29-30)22(32)27-18(12-24(2,14-31)23(33)34)10-15-4-6-16(7-5-15)19-11-17(25)8-9-20(19)26;1-19(11-23,18(24)25)10-15(22)8-12-2-4-13(5-3-12)16-9-14(20)6-7-17(16)21;1-2-11-5-3-4(6(9)10)7-8-5/h4-9,11,13,18,31H,3,10,12,14H2,1-2H3,(H,27,32)(H,33,34);2-7,9,15,23H,8,10-11,22H2,1H3,(H,24,25);3,5H,2H2,1H3,(H,9,10)/t18-,24+;15-,19+;/m11./s1. The van der Waals surface area contributed by atoms with Crippen LogP contribution < -0.4 is 15.9 Å². The highest BCUT2D eigenvalue weighted by molar-refractivity contribution is 6.31. The lowest BCUT2D eigenvalue weighted by Gasteiger charge is -2.28. The number of carbonyl (C=O) groups is 4. The third-order valence-corrected chi connectivity index (χ3v) is 11.4. The van der Waals surface area contributed by atoms with E-state index in [2.05, 4.69) is 25.9 Å². The number of hydrogen-bond acceptors (Lipinski definition) is 13. The molecule has 380 valence electrons. The fourth-order valence-electron chi connectivity index (χ4n) is 6.97. The summed E-state index contributed by atoms with van der Waals surface area (Å²) in [5, 5.41) is 64.3. The van der Waals surface area contributed by atoms with Crippen molar-refractivity contribution in [3.8, 4) is 22.3 Å². The molecule has 71 heavy (non-hydrogen) atoms. The fraction of sp³-hybridized carbons (Fsp3) is 0.347. The molecule has 5 atom stereocenters. The molecule has 1 unspecified atom stereocenters. The van der Waals surface area contributed by atoms with Crippen molar-refractivity contribution >= 4 is 47.0 Å². The predicted octanol–water partition coefficient (Wildman–Crippen LogP) is 7.27. The lowest BCUT2D eigenvalue weighted by Crippen LogP contribution is -2.44. The van der Waals surface area contributed by atoms with Gasteiger partial charge in [-0.3, -0.25) is 14.4 Å². The molecule has 0 saturated heterocycles. The topological polar surface area (TPSA) is 281 Å². The summed E-state index contributed by atoms with van der Waals surface area (Å²) in [6.07, 6.45) is 3.00. The number of ether oxygens (including phenoxy) is 1. The van der Waals surface area contributed by atoms with E-state index >= 15 is 0 Å². The van der Waals surface area contributed by atoms with Crippen LogP contribution >= 0.6 is 23.2 Å². The number of carbonyl (C=O) groups excluding carboxylic acids is 1. The molecule has 1 aliphatic rings. The first-order valence-electron chi connectivity index (χ1n) is 22.0. The van der Waals surface area contributed by atoms with Gasteiger partial charge in [-0.15, -0.1) is 10.2 Å². The van der Waals surface area contributed by atoms with Crippen LogP contribution in [0.3, 0.4) is 0 Å². The van der Waals surface area contributed by atoms with Crippen LogP contribution in [0, 0.1) is 22.5 Å². The Bertz CT molecular complexity index is 2670. The number of aromatic nitrogens is 3. The molecule has 0 bridgehead atoms. The Morgan fingerprint density at radius 1 is 0.775 bits per heavy atom. The summed E-state index contributed by atoms with van der Waals surface area (Å²) in [5.41, 5.74) is 7.01. The Labute approximate surface area is 417 Å². The number of hydrogen-bond donors (Lipinski definition) is 7. The van der Waals surface area contributed by atoms with Gasteiger partial charge in [0.25, 0.3) is 5.91 Å². The number of aliphatic hydroxyl groups is 2. The molecule has 1 aliphatic heterocycles. The average Bonchev–Trinajstić information content (AvgIpc) is 4.02. The van der Waals surface area contributed by atoms with Crippen molar-refractivity contribution < 1.29 is 63.1 Å². The Balaban J connectivity index is 0.000000263. The van der Waals surface area contributed by atoms with Crippen LogP contribution in [0.25, 0.3) is 22.3 Å². The van der Waals surface area contributed by atoms with Crippen LogP contribution in [0.2, 0.25) is 10.0 Å². The number of aliphatic hydroxyl groups excluding tert-OH is 2. The van der Waals surface area contributed by atoms with Crippen molar-refractivity contribution in [2.45, 2.75) is 71.7 Å². The van der Waals surface area contributed by atoms with Gasteiger partial charge in [0, 0.05) is 45.9 Å². The molecule has 0 saturated carbocycles. The van der Waals surface area contributed by atoms with Gasteiger partial charge in [0.15, 0.2) is 17.6 Å². The summed E-state index contributed by atoms with van der Waals surface area (Å²) >= 11 is 11.9. The van der Waals surface area contributed by atoms with Crippen LogP contribution in [0.1, 0.15) is 62.2 Å². The molecule has 1 amide bonds. The van der Waals surface area contributed by atoms with Crippen molar-refractivity contribution in [1.29, 1.82) is 0 Å². The minimum absolute atomic E-state index is 0.00347. The zero-order chi connectivity index (χ0) is 52.5. The molecule has 22 heteroatoms. The third-order valence-electron chi connectivity index (χ3n) is 10.9. The monoisotopic (exact) mass is 1030 g/mol. The first-order valence-corrected chi connectivity index (χ1v) is 22.8. The molecule has 2 heterocycles. The Kier molecular flexibility index (Phi) is 21.2. The highest BCUT2D eigenvalue weighted by Crippen LogP contribution is 2.30. The largest absolute Gasteiger partial charge is 0.481 e. The van der Waals surface area contributed by atoms with Crippen molar-refractivity contribution in [2.24, 2.45) is 26.8 Å². The third kappa shape index (κ3) is 16.7. The SMILES string of the molecule is CCOC1C=C(C(=O)O)N=N1.CCOn1cc(C(=O)N[C@H](Cc2ccc(-c3cc(Cl)ccc3F)cc2)C[C@@](C)(CO)C(=O)O)nn1.C[C@@](CO)(C[C@H](N)Cc1ccc(-c2cc(Cl)ccc2F)cc1)C(=O)O. The number of aliphatic carboxylic acids is 3. The number of halogens is 4. The smallest absolute Gasteiger partial charge is 0.356 e. The number of azo groups is 1. The molecular formula is C49H55Cl2F2N7O11. The van der Waals surface area contributed by atoms with E-state index in [0.29, 0.717) is 51.9 Å². The number of rotatable bonds is 21. The Morgan fingerprint density at radius 2 is 1.28 bits per heavy atom. The summed E-state index contributed by atoms with van der Waals surface area (Å²) in [6.45, 7) is 6.19. The van der Waals surface area contributed by atoms with Gasteiger partial charge in [-0.05, 0) is 117 Å². The summed E-state index contributed by atoms with van der Waals surface area (Å²) in [5.74, 6) is -4.66. The van der Waals surface area contributed by atoms with Crippen LogP contribution in [0.4, 0.5) is 8.78 Å². The van der Waals surface area contributed by atoms with Crippen molar-refractivity contribution in [3.05, 3.63) is 141 Å². The molecule has 0 radical (unpaired) electrons. The van der Waals surface area contributed by atoms with E-state index in [9.17, 15) is 48.4 Å². The van der Waals surface area contributed by atoms with Crippen LogP contribution in [-0.4, -0.2) is 109 Å². The summed E-state index contributed by atoms with van der Waals surface area (Å²) in [7, 11) is 0. The van der Waals surface area contributed by atoms with Crippen molar-refractivity contribution in [2.75, 3.05) is 26.4 Å². The van der Waals surface area contributed by atoms with Gasteiger partial charge >= 0.3 is 17.9 Å². The van der Waals surface area contributed by atoms with E-state index < -0.39 is 72.0 Å². The van der Waals surface area contributed by atoms with Gasteiger partial charge < -0.3 is 46.2 Å². The van der Waals surface area contributed by atoms with E-state index in [1.165, 1.54) is 56.5 Å². The van der Waals surface area contributed by atoms with Crippen LogP contribution in [0.15, 0.2) is 113 Å². The van der Waals surface area contributed by atoms with Gasteiger partial charge in [-0.1, -0.05) is 76.6 Å². The number of nitrogens with one attached hydrogen (secondary N) is 1. The average molecular weight is 1030 g/mol. The first kappa shape index (κ1) is 56.9. The van der Waals surface area contributed by atoms with E-state index in [4.69, 9.17) is 43.6 Å². The number of carboxylic acids is 3. The van der Waals surface area contributed by atoms with Crippen molar-refractivity contribution in [1.82, 2.24) is 20.5 Å². The molecule has 8 N–H and O–H groups in total. The van der Waals surface area contributed by atoms with Gasteiger partial charge in [-0.25, -0.2) is 13.6 Å². The summed E-state index contributed by atoms with van der Waals surface area (Å²) < 4.78 is 33.1. The van der Waals surface area contributed by atoms with Crippen molar-refractivity contribution in [3.63, 3.8) is 0 Å². The lowest BCUT2D eigenvalue weighted by atomic mass is 9.82. The van der Waals surface area contributed by atoms with Gasteiger partial charge in [0.1, 0.15) is 24.4 Å². The van der Waals surface area contributed by atoms with E-state index in [-0.39, 0.29) is 36.5 Å². The number of nitrogens with zero attached hydrogens (tertiary/aromatic N) is 5. The van der Waals surface area contributed by atoms with Gasteiger partial charge in [-0.2, -0.15) is 5.11 Å². The number of amides is 1. The molecule has 4 aromatic carbocycles. The number of benzene rings is 4. The summed E-state index contributed by atoms with van der Waals surface area (Å²) in [6, 6.07) is 21.8. The second kappa shape index (κ2) is 26.5. The van der Waals surface area contributed by atoms with Crippen LogP contribution in [-0.2, 0) is 32.0 Å². The molecule has 0 spiro atoms. The fourth-order valence-corrected chi connectivity index (χ4v) is 7.31.